The maximum atomic E-state index is 11.7. The molecule has 5 nitrogen and oxygen atoms in total. The predicted molar refractivity (Wildman–Crippen MR) is 70.2 cm³/mol. The maximum absolute atomic E-state index is 11.7. The third-order valence-corrected chi connectivity index (χ3v) is 2.87. The van der Waals surface area contributed by atoms with E-state index in [-0.39, 0.29) is 11.3 Å². The summed E-state index contributed by atoms with van der Waals surface area (Å²) in [5.41, 5.74) is 1.58. The molecule has 0 saturated heterocycles. The van der Waals surface area contributed by atoms with Crippen LogP contribution in [-0.2, 0) is 0 Å². The van der Waals surface area contributed by atoms with Crippen molar-refractivity contribution < 1.29 is 9.84 Å². The van der Waals surface area contributed by atoms with Gasteiger partial charge in [-0.15, -0.1) is 0 Å². The van der Waals surface area contributed by atoms with Gasteiger partial charge in [0, 0.05) is 11.8 Å². The van der Waals surface area contributed by atoms with E-state index < -0.39 is 5.56 Å². The van der Waals surface area contributed by atoms with Crippen molar-refractivity contribution in [2.24, 2.45) is 0 Å². The molecule has 0 atom stereocenters. The minimum absolute atomic E-state index is 0.00671. The van der Waals surface area contributed by atoms with Crippen molar-refractivity contribution >= 4 is 0 Å². The van der Waals surface area contributed by atoms with Gasteiger partial charge in [0.1, 0.15) is 11.6 Å². The van der Waals surface area contributed by atoms with Gasteiger partial charge in [-0.3, -0.25) is 4.79 Å². The van der Waals surface area contributed by atoms with E-state index in [0.717, 1.165) is 5.56 Å². The number of aromatic amines is 1. The van der Waals surface area contributed by atoms with Crippen LogP contribution in [0.2, 0.25) is 0 Å². The molecular formula is C14H12N2O3. The number of nitriles is 1. The maximum Gasteiger partial charge on any atom is 0.266 e. The van der Waals surface area contributed by atoms with E-state index >= 15 is 0 Å². The van der Waals surface area contributed by atoms with Crippen LogP contribution < -0.4 is 10.3 Å². The van der Waals surface area contributed by atoms with Gasteiger partial charge >= 0.3 is 0 Å². The molecule has 0 spiro atoms. The summed E-state index contributed by atoms with van der Waals surface area (Å²) < 4.78 is 5.03. The lowest BCUT2D eigenvalue weighted by Crippen LogP contribution is -2.12. The normalized spacial score (nSPS) is 9.95. The Morgan fingerprint density at radius 1 is 1.42 bits per heavy atom. The van der Waals surface area contributed by atoms with Crippen LogP contribution in [0.15, 0.2) is 29.2 Å². The van der Waals surface area contributed by atoms with Gasteiger partial charge in [0.15, 0.2) is 11.5 Å². The summed E-state index contributed by atoms with van der Waals surface area (Å²) in [5, 5.41) is 18.7. The van der Waals surface area contributed by atoms with E-state index in [2.05, 4.69) is 4.98 Å². The summed E-state index contributed by atoms with van der Waals surface area (Å²) in [6, 6.07) is 6.61. The summed E-state index contributed by atoms with van der Waals surface area (Å²) >= 11 is 0. The SMILES string of the molecule is COc1cc(-c2c(C)c[nH]c(=O)c2C#N)ccc1O. The Morgan fingerprint density at radius 2 is 2.16 bits per heavy atom. The van der Waals surface area contributed by atoms with Gasteiger partial charge in [0.2, 0.25) is 0 Å². The van der Waals surface area contributed by atoms with Gasteiger partial charge in [0.05, 0.1) is 7.11 Å². The Morgan fingerprint density at radius 3 is 2.79 bits per heavy atom. The minimum atomic E-state index is -0.435. The molecule has 0 amide bonds. The molecule has 1 aromatic carbocycles. The standard InChI is InChI=1S/C14H12N2O3/c1-8-7-16-14(18)10(6-15)13(8)9-3-4-11(17)12(5-9)19-2/h3-5,7,17H,1-2H3,(H,16,18). The highest BCUT2D eigenvalue weighted by Crippen LogP contribution is 2.33. The van der Waals surface area contributed by atoms with Crippen molar-refractivity contribution in [3.8, 4) is 28.7 Å². The van der Waals surface area contributed by atoms with Crippen molar-refractivity contribution in [1.82, 2.24) is 4.98 Å². The van der Waals surface area contributed by atoms with Gasteiger partial charge in [-0.25, -0.2) is 0 Å². The number of aromatic nitrogens is 1. The number of aryl methyl sites for hydroxylation is 1. The number of aromatic hydroxyl groups is 1. The molecule has 0 aliphatic heterocycles. The van der Waals surface area contributed by atoms with Gasteiger partial charge < -0.3 is 14.8 Å². The Balaban J connectivity index is 2.76. The van der Waals surface area contributed by atoms with Gasteiger partial charge in [-0.1, -0.05) is 6.07 Å². The Hall–Kier alpha value is -2.74. The molecule has 0 bridgehead atoms. The molecule has 0 aliphatic rings. The highest BCUT2D eigenvalue weighted by atomic mass is 16.5. The second kappa shape index (κ2) is 4.86. The first-order chi connectivity index (χ1) is 9.08. The molecule has 19 heavy (non-hydrogen) atoms. The van der Waals surface area contributed by atoms with E-state index in [4.69, 9.17) is 10.00 Å². The van der Waals surface area contributed by atoms with E-state index in [1.165, 1.54) is 13.2 Å². The average Bonchev–Trinajstić information content (AvgIpc) is 2.42. The van der Waals surface area contributed by atoms with Crippen LogP contribution in [0.5, 0.6) is 11.5 Å². The summed E-state index contributed by atoms with van der Waals surface area (Å²) in [5.74, 6) is 0.299. The van der Waals surface area contributed by atoms with Crippen LogP contribution >= 0.6 is 0 Å². The summed E-state index contributed by atoms with van der Waals surface area (Å²) in [7, 11) is 1.44. The first kappa shape index (κ1) is 12.7. The number of phenols is 1. The number of hydrogen-bond acceptors (Lipinski definition) is 4. The molecule has 2 N–H and O–H groups in total. The molecule has 2 rings (SSSR count). The highest BCUT2D eigenvalue weighted by Gasteiger charge is 2.14. The Kier molecular flexibility index (Phi) is 3.25. The lowest BCUT2D eigenvalue weighted by molar-refractivity contribution is 0.373. The molecule has 0 fully saturated rings. The van der Waals surface area contributed by atoms with Crippen LogP contribution in [0, 0.1) is 18.3 Å². The fourth-order valence-corrected chi connectivity index (χ4v) is 1.94. The zero-order valence-electron chi connectivity index (χ0n) is 10.5. The molecule has 2 aromatic rings. The molecule has 0 aliphatic carbocycles. The molecule has 0 unspecified atom stereocenters. The van der Waals surface area contributed by atoms with Crippen molar-refractivity contribution in [2.75, 3.05) is 7.11 Å². The van der Waals surface area contributed by atoms with Crippen LogP contribution in [0.25, 0.3) is 11.1 Å². The molecule has 0 saturated carbocycles. The second-order valence-corrected chi connectivity index (χ2v) is 4.05. The number of nitrogens with zero attached hydrogens (tertiary/aromatic N) is 1. The van der Waals surface area contributed by atoms with Crippen molar-refractivity contribution in [1.29, 1.82) is 5.26 Å². The molecule has 0 radical (unpaired) electrons. The zero-order valence-corrected chi connectivity index (χ0v) is 10.5. The Bertz CT molecular complexity index is 726. The third kappa shape index (κ3) is 2.16. The smallest absolute Gasteiger partial charge is 0.266 e. The number of rotatable bonds is 2. The molecule has 1 aromatic heterocycles. The van der Waals surface area contributed by atoms with Crippen molar-refractivity contribution in [2.45, 2.75) is 6.92 Å². The summed E-state index contributed by atoms with van der Waals surface area (Å²) in [4.78, 5) is 14.2. The van der Waals surface area contributed by atoms with Gasteiger partial charge in [0.25, 0.3) is 5.56 Å². The van der Waals surface area contributed by atoms with Crippen LogP contribution in [0.1, 0.15) is 11.1 Å². The van der Waals surface area contributed by atoms with Gasteiger partial charge in [-0.05, 0) is 30.2 Å². The van der Waals surface area contributed by atoms with Crippen molar-refractivity contribution in [3.63, 3.8) is 0 Å². The number of pyridine rings is 1. The largest absolute Gasteiger partial charge is 0.504 e. The fraction of sp³-hybridized carbons (Fsp3) is 0.143. The molecule has 1 heterocycles. The average molecular weight is 256 g/mol. The summed E-state index contributed by atoms with van der Waals surface area (Å²) in [6.45, 7) is 1.80. The minimum Gasteiger partial charge on any atom is -0.504 e. The number of hydrogen-bond donors (Lipinski definition) is 2. The van der Waals surface area contributed by atoms with E-state index in [0.29, 0.717) is 16.9 Å². The number of ether oxygens (including phenoxy) is 1. The Labute approximate surface area is 109 Å². The van der Waals surface area contributed by atoms with Crippen LogP contribution in [0.4, 0.5) is 0 Å². The number of methoxy groups -OCH3 is 1. The number of H-pyrrole nitrogens is 1. The van der Waals surface area contributed by atoms with Crippen LogP contribution in [0.3, 0.4) is 0 Å². The van der Waals surface area contributed by atoms with Crippen LogP contribution in [-0.4, -0.2) is 17.2 Å². The monoisotopic (exact) mass is 256 g/mol. The lowest BCUT2D eigenvalue weighted by Gasteiger charge is -2.10. The van der Waals surface area contributed by atoms with E-state index in [9.17, 15) is 9.90 Å². The quantitative estimate of drug-likeness (QED) is 0.859. The predicted octanol–water partition coefficient (Wildman–Crippen LogP) is 1.94. The third-order valence-electron chi connectivity index (χ3n) is 2.87. The van der Waals surface area contributed by atoms with Crippen molar-refractivity contribution in [3.05, 3.63) is 45.9 Å². The van der Waals surface area contributed by atoms with E-state index in [1.807, 2.05) is 6.07 Å². The highest BCUT2D eigenvalue weighted by molar-refractivity contribution is 5.74. The van der Waals surface area contributed by atoms with Gasteiger partial charge in [-0.2, -0.15) is 5.26 Å². The summed E-state index contributed by atoms with van der Waals surface area (Å²) in [6.07, 6.45) is 1.55. The molecule has 5 heteroatoms. The fourth-order valence-electron chi connectivity index (χ4n) is 1.94. The number of benzene rings is 1. The molecular weight excluding hydrogens is 244 g/mol. The topological polar surface area (TPSA) is 86.1 Å². The first-order valence-electron chi connectivity index (χ1n) is 5.58. The second-order valence-electron chi connectivity index (χ2n) is 4.05. The number of phenolic OH excluding ortho intramolecular Hbond substituents is 1. The number of nitrogens with one attached hydrogen (secondary N) is 1. The molecule has 96 valence electrons. The zero-order chi connectivity index (χ0) is 14.0. The lowest BCUT2D eigenvalue weighted by atomic mass is 9.97. The first-order valence-corrected chi connectivity index (χ1v) is 5.58. The van der Waals surface area contributed by atoms with E-state index in [1.54, 1.807) is 25.3 Å².